The molecule has 19 heavy (non-hydrogen) atoms. The second-order valence-corrected chi connectivity index (χ2v) is 5.34. The van der Waals surface area contributed by atoms with E-state index in [1.165, 1.54) is 0 Å². The minimum absolute atomic E-state index is 0.684. The zero-order valence-corrected chi connectivity index (χ0v) is 13.5. The molecule has 3 nitrogen and oxygen atoms in total. The van der Waals surface area contributed by atoms with E-state index in [9.17, 15) is 0 Å². The lowest BCUT2D eigenvalue weighted by Gasteiger charge is -2.11. The van der Waals surface area contributed by atoms with Crippen LogP contribution in [0.4, 0.5) is 0 Å². The van der Waals surface area contributed by atoms with Crippen molar-refractivity contribution < 1.29 is 4.74 Å². The molecule has 0 aliphatic heterocycles. The third-order valence-electron chi connectivity index (χ3n) is 3.00. The molecular weight excluding hydrogens is 328 g/mol. The number of ether oxygens (including phenoxy) is 1. The maximum atomic E-state index is 6.43. The summed E-state index contributed by atoms with van der Waals surface area (Å²) in [6, 6.07) is 5.91. The van der Waals surface area contributed by atoms with Crippen molar-refractivity contribution >= 4 is 27.5 Å². The van der Waals surface area contributed by atoms with Gasteiger partial charge in [-0.15, -0.1) is 0 Å². The zero-order chi connectivity index (χ0) is 14.0. The molecule has 0 fully saturated rings. The lowest BCUT2D eigenvalue weighted by molar-refractivity contribution is 0.412. The quantitative estimate of drug-likeness (QED) is 0.821. The molecule has 0 saturated carbocycles. The van der Waals surface area contributed by atoms with Crippen molar-refractivity contribution in [3.8, 4) is 11.4 Å². The molecule has 1 heterocycles. The summed E-state index contributed by atoms with van der Waals surface area (Å²) in [4.78, 5) is 4.58. The number of methoxy groups -OCH3 is 1. The van der Waals surface area contributed by atoms with Crippen molar-refractivity contribution in [2.45, 2.75) is 26.7 Å². The number of imidazole rings is 1. The monoisotopic (exact) mass is 342 g/mol. The van der Waals surface area contributed by atoms with Crippen LogP contribution in [-0.4, -0.2) is 16.7 Å². The second-order valence-electron chi connectivity index (χ2n) is 4.13. The van der Waals surface area contributed by atoms with Crippen LogP contribution in [0.2, 0.25) is 5.15 Å². The van der Waals surface area contributed by atoms with Gasteiger partial charge in [0.2, 0.25) is 0 Å². The Bertz CT molecular complexity index is 595. The number of aryl methyl sites for hydroxylation is 2. The van der Waals surface area contributed by atoms with Crippen molar-refractivity contribution in [1.82, 2.24) is 9.55 Å². The van der Waals surface area contributed by atoms with Crippen LogP contribution < -0.4 is 4.74 Å². The van der Waals surface area contributed by atoms with Crippen molar-refractivity contribution in [1.29, 1.82) is 0 Å². The van der Waals surface area contributed by atoms with Gasteiger partial charge in [0.1, 0.15) is 16.7 Å². The summed E-state index contributed by atoms with van der Waals surface area (Å²) in [5.74, 6) is 1.74. The molecule has 5 heteroatoms. The van der Waals surface area contributed by atoms with E-state index in [-0.39, 0.29) is 0 Å². The van der Waals surface area contributed by atoms with Crippen LogP contribution in [0.15, 0.2) is 22.7 Å². The summed E-state index contributed by atoms with van der Waals surface area (Å²) in [5.41, 5.74) is 1.90. The Labute approximate surface area is 126 Å². The lowest BCUT2D eigenvalue weighted by atomic mass is 10.3. The lowest BCUT2D eigenvalue weighted by Crippen LogP contribution is -2.01. The van der Waals surface area contributed by atoms with Gasteiger partial charge in [0.15, 0.2) is 0 Å². The van der Waals surface area contributed by atoms with Crippen LogP contribution in [0.25, 0.3) is 5.69 Å². The topological polar surface area (TPSA) is 27.1 Å². The molecule has 0 atom stereocenters. The molecule has 0 amide bonds. The van der Waals surface area contributed by atoms with Crippen molar-refractivity contribution in [2.75, 3.05) is 7.11 Å². The second kappa shape index (κ2) is 5.97. The predicted octanol–water partition coefficient (Wildman–Crippen LogP) is 4.42. The molecule has 2 rings (SSSR count). The van der Waals surface area contributed by atoms with Crippen LogP contribution in [0.3, 0.4) is 0 Å². The van der Waals surface area contributed by atoms with Crippen LogP contribution in [0, 0.1) is 0 Å². The number of hydrogen-bond acceptors (Lipinski definition) is 2. The smallest absolute Gasteiger partial charge is 0.136 e. The van der Waals surface area contributed by atoms with Gasteiger partial charge in [-0.2, -0.15) is 0 Å². The minimum Gasteiger partial charge on any atom is -0.495 e. The minimum atomic E-state index is 0.684. The van der Waals surface area contributed by atoms with Crippen LogP contribution >= 0.6 is 27.5 Å². The first kappa shape index (κ1) is 14.4. The van der Waals surface area contributed by atoms with E-state index in [1.807, 2.05) is 22.8 Å². The molecular formula is C14H16BrClN2O. The first-order valence-corrected chi connectivity index (χ1v) is 7.39. The molecule has 0 aliphatic carbocycles. The summed E-state index contributed by atoms with van der Waals surface area (Å²) in [5, 5.41) is 0.684. The third kappa shape index (κ3) is 2.65. The fourth-order valence-electron chi connectivity index (χ4n) is 2.01. The normalized spacial score (nSPS) is 10.8. The molecule has 1 aromatic carbocycles. The Morgan fingerprint density at radius 3 is 2.63 bits per heavy atom. The highest BCUT2D eigenvalue weighted by molar-refractivity contribution is 9.10. The summed E-state index contributed by atoms with van der Waals surface area (Å²) in [7, 11) is 1.65. The molecule has 0 N–H and O–H groups in total. The van der Waals surface area contributed by atoms with Gasteiger partial charge in [0, 0.05) is 12.5 Å². The standard InChI is InChI=1S/C14H16BrClN2O/c1-4-11-14(16)18(13(5-2)17-11)9-6-7-10(15)12(8-9)19-3/h6-8H,4-5H2,1-3H3. The fraction of sp³-hybridized carbons (Fsp3) is 0.357. The molecule has 0 bridgehead atoms. The van der Waals surface area contributed by atoms with Gasteiger partial charge in [-0.3, -0.25) is 4.57 Å². The number of aromatic nitrogens is 2. The molecule has 102 valence electrons. The number of nitrogens with zero attached hydrogens (tertiary/aromatic N) is 2. The van der Waals surface area contributed by atoms with Gasteiger partial charge in [0.05, 0.1) is 23.0 Å². The molecule has 0 saturated heterocycles. The molecule has 1 aromatic heterocycles. The molecule has 0 unspecified atom stereocenters. The van der Waals surface area contributed by atoms with Gasteiger partial charge < -0.3 is 4.74 Å². The Balaban J connectivity index is 2.60. The van der Waals surface area contributed by atoms with E-state index in [0.717, 1.165) is 40.3 Å². The largest absolute Gasteiger partial charge is 0.495 e. The Hall–Kier alpha value is -1.00. The van der Waals surface area contributed by atoms with Gasteiger partial charge >= 0.3 is 0 Å². The van der Waals surface area contributed by atoms with Crippen molar-refractivity contribution in [3.05, 3.63) is 39.3 Å². The highest BCUT2D eigenvalue weighted by Gasteiger charge is 2.15. The van der Waals surface area contributed by atoms with E-state index in [4.69, 9.17) is 16.3 Å². The fourth-order valence-corrected chi connectivity index (χ4v) is 2.79. The Morgan fingerprint density at radius 1 is 1.32 bits per heavy atom. The first-order chi connectivity index (χ1) is 9.12. The van der Waals surface area contributed by atoms with Crippen LogP contribution in [0.5, 0.6) is 5.75 Å². The highest BCUT2D eigenvalue weighted by atomic mass is 79.9. The van der Waals surface area contributed by atoms with Gasteiger partial charge in [-0.1, -0.05) is 25.4 Å². The average molecular weight is 344 g/mol. The summed E-state index contributed by atoms with van der Waals surface area (Å²) in [6.07, 6.45) is 1.66. The predicted molar refractivity (Wildman–Crippen MR) is 81.6 cm³/mol. The van der Waals surface area contributed by atoms with Crippen molar-refractivity contribution in [3.63, 3.8) is 0 Å². The summed E-state index contributed by atoms with van der Waals surface area (Å²) in [6.45, 7) is 4.13. The first-order valence-electron chi connectivity index (χ1n) is 6.22. The number of benzene rings is 1. The maximum absolute atomic E-state index is 6.43. The van der Waals surface area contributed by atoms with E-state index in [2.05, 4.69) is 34.8 Å². The third-order valence-corrected chi connectivity index (χ3v) is 4.04. The highest BCUT2D eigenvalue weighted by Crippen LogP contribution is 2.30. The Morgan fingerprint density at radius 2 is 2.05 bits per heavy atom. The van der Waals surface area contributed by atoms with Gasteiger partial charge in [-0.25, -0.2) is 4.98 Å². The van der Waals surface area contributed by atoms with E-state index >= 15 is 0 Å². The van der Waals surface area contributed by atoms with Gasteiger partial charge in [-0.05, 0) is 34.5 Å². The van der Waals surface area contributed by atoms with Crippen LogP contribution in [0.1, 0.15) is 25.4 Å². The van der Waals surface area contributed by atoms with Gasteiger partial charge in [0.25, 0.3) is 0 Å². The van der Waals surface area contributed by atoms with Crippen LogP contribution in [-0.2, 0) is 12.8 Å². The van der Waals surface area contributed by atoms with Crippen molar-refractivity contribution in [2.24, 2.45) is 0 Å². The maximum Gasteiger partial charge on any atom is 0.136 e. The summed E-state index contributed by atoms with van der Waals surface area (Å²) < 4.78 is 8.23. The van der Waals surface area contributed by atoms with E-state index in [0.29, 0.717) is 5.15 Å². The molecule has 0 radical (unpaired) electrons. The zero-order valence-electron chi connectivity index (χ0n) is 11.2. The van der Waals surface area contributed by atoms with E-state index < -0.39 is 0 Å². The number of rotatable bonds is 4. The SMILES string of the molecule is CCc1nc(CC)n(-c2ccc(Br)c(OC)c2)c1Cl. The number of halogens is 2. The molecule has 2 aromatic rings. The number of hydrogen-bond donors (Lipinski definition) is 0. The Kier molecular flexibility index (Phi) is 4.53. The van der Waals surface area contributed by atoms with E-state index in [1.54, 1.807) is 7.11 Å². The molecule has 0 aliphatic rings. The average Bonchev–Trinajstić information content (AvgIpc) is 2.75. The molecule has 0 spiro atoms. The summed E-state index contributed by atoms with van der Waals surface area (Å²) >= 11 is 9.88.